The van der Waals surface area contributed by atoms with E-state index in [9.17, 15) is 4.79 Å². The van der Waals surface area contributed by atoms with Crippen molar-refractivity contribution >= 4 is 17.0 Å². The molecule has 0 fully saturated rings. The molecule has 0 unspecified atom stereocenters. The fraction of sp³-hybridized carbons (Fsp3) is 0.409. The van der Waals surface area contributed by atoms with Crippen molar-refractivity contribution in [2.75, 3.05) is 13.7 Å². The number of methoxy groups -OCH3 is 1. The zero-order valence-corrected chi connectivity index (χ0v) is 17.2. The quantitative estimate of drug-likeness (QED) is 0.292. The van der Waals surface area contributed by atoms with E-state index in [4.69, 9.17) is 14.2 Å². The lowest BCUT2D eigenvalue weighted by Gasteiger charge is -2.08. The smallest absolute Gasteiger partial charge is 0.310 e. The highest BCUT2D eigenvalue weighted by molar-refractivity contribution is 5.82. The fourth-order valence-corrected chi connectivity index (χ4v) is 3.00. The molecule has 0 atom stereocenters. The third-order valence-electron chi connectivity index (χ3n) is 4.74. The van der Waals surface area contributed by atoms with Crippen LogP contribution < -0.4 is 9.47 Å². The van der Waals surface area contributed by atoms with E-state index >= 15 is 0 Å². The number of hydrogen-bond donors (Lipinski definition) is 0. The molecule has 3 aromatic rings. The van der Waals surface area contributed by atoms with Crippen LogP contribution in [0.2, 0.25) is 0 Å². The van der Waals surface area contributed by atoms with Crippen LogP contribution in [0.15, 0.2) is 36.4 Å². The lowest BCUT2D eigenvalue weighted by atomic mass is 10.2. The van der Waals surface area contributed by atoms with E-state index in [1.54, 1.807) is 14.0 Å². The molecule has 29 heavy (non-hydrogen) atoms. The van der Waals surface area contributed by atoms with Gasteiger partial charge < -0.3 is 14.2 Å². The van der Waals surface area contributed by atoms with Gasteiger partial charge in [0.1, 0.15) is 17.0 Å². The van der Waals surface area contributed by atoms with Crippen molar-refractivity contribution < 1.29 is 19.0 Å². The number of aryl methyl sites for hydroxylation is 2. The second-order valence-electron chi connectivity index (χ2n) is 6.80. The fourth-order valence-electron chi connectivity index (χ4n) is 3.00. The summed E-state index contributed by atoms with van der Waals surface area (Å²) in [6.45, 7) is 5.71. The third kappa shape index (κ3) is 5.32. The maximum absolute atomic E-state index is 11.5. The van der Waals surface area contributed by atoms with Crippen LogP contribution in [0.5, 0.6) is 11.5 Å². The van der Waals surface area contributed by atoms with E-state index in [0.717, 1.165) is 47.3 Å². The zero-order chi connectivity index (χ0) is 20.6. The van der Waals surface area contributed by atoms with E-state index in [0.29, 0.717) is 25.4 Å². The van der Waals surface area contributed by atoms with Crippen molar-refractivity contribution in [3.8, 4) is 11.5 Å². The van der Waals surface area contributed by atoms with Crippen LogP contribution in [0.1, 0.15) is 37.3 Å². The summed E-state index contributed by atoms with van der Waals surface area (Å²) in [5.74, 6) is 1.14. The van der Waals surface area contributed by atoms with Crippen LogP contribution in [0.4, 0.5) is 0 Å². The molecule has 0 amide bonds. The van der Waals surface area contributed by atoms with E-state index in [2.05, 4.69) is 10.3 Å². The monoisotopic (exact) mass is 397 g/mol. The number of carbonyl (C=O) groups excluding carboxylic acids is 1. The van der Waals surface area contributed by atoms with Gasteiger partial charge in [-0.25, -0.2) is 4.68 Å². The first-order chi connectivity index (χ1) is 14.1. The summed E-state index contributed by atoms with van der Waals surface area (Å²) in [6, 6.07) is 11.6. The Hall–Kier alpha value is -2.93. The Bertz CT molecular complexity index is 951. The van der Waals surface area contributed by atoms with Crippen molar-refractivity contribution in [3.05, 3.63) is 47.5 Å². The minimum Gasteiger partial charge on any atom is -0.497 e. The third-order valence-corrected chi connectivity index (χ3v) is 4.74. The highest BCUT2D eigenvalue weighted by Gasteiger charge is 2.13. The molecular formula is C22H27N3O4. The van der Waals surface area contributed by atoms with Crippen molar-refractivity contribution in [3.63, 3.8) is 0 Å². The Labute approximate surface area is 170 Å². The maximum atomic E-state index is 11.5. The molecular weight excluding hydrogens is 370 g/mol. The number of ether oxygens (including phenoxy) is 3. The average Bonchev–Trinajstić information content (AvgIpc) is 3.16. The molecule has 7 nitrogen and oxygen atoms in total. The first-order valence-electron chi connectivity index (χ1n) is 9.86. The summed E-state index contributed by atoms with van der Waals surface area (Å²) >= 11 is 0. The van der Waals surface area contributed by atoms with E-state index in [-0.39, 0.29) is 5.97 Å². The molecule has 0 aliphatic rings. The summed E-state index contributed by atoms with van der Waals surface area (Å²) in [7, 11) is 1.66. The molecule has 154 valence electrons. The van der Waals surface area contributed by atoms with Gasteiger partial charge in [0.25, 0.3) is 0 Å². The average molecular weight is 397 g/mol. The Morgan fingerprint density at radius 1 is 1.10 bits per heavy atom. The molecule has 1 aromatic heterocycles. The number of esters is 1. The number of hydrogen-bond acceptors (Lipinski definition) is 6. The van der Waals surface area contributed by atoms with Gasteiger partial charge in [0, 0.05) is 25.1 Å². The summed E-state index contributed by atoms with van der Waals surface area (Å²) in [5, 5.41) is 8.51. The molecule has 2 aromatic carbocycles. The SMILES string of the molecule is CCC(=O)Oc1ccc2c(nnn2CCCCOCc2ccc(OC)cc2)c1C. The van der Waals surface area contributed by atoms with Crippen LogP contribution in [0.25, 0.3) is 11.0 Å². The molecule has 0 radical (unpaired) electrons. The van der Waals surface area contributed by atoms with Crippen molar-refractivity contribution in [2.24, 2.45) is 0 Å². The largest absolute Gasteiger partial charge is 0.497 e. The van der Waals surface area contributed by atoms with Gasteiger partial charge >= 0.3 is 5.97 Å². The molecule has 0 spiro atoms. The number of fused-ring (bicyclic) bond motifs is 1. The van der Waals surface area contributed by atoms with E-state index < -0.39 is 0 Å². The van der Waals surface area contributed by atoms with Gasteiger partial charge in [-0.3, -0.25) is 4.79 Å². The number of unbranched alkanes of at least 4 members (excludes halogenated alkanes) is 1. The van der Waals surface area contributed by atoms with E-state index in [1.165, 1.54) is 0 Å². The van der Waals surface area contributed by atoms with Gasteiger partial charge in [0.15, 0.2) is 0 Å². The van der Waals surface area contributed by atoms with Crippen LogP contribution in [0, 0.1) is 6.92 Å². The van der Waals surface area contributed by atoms with Gasteiger partial charge in [-0.1, -0.05) is 24.3 Å². The number of rotatable bonds is 10. The number of nitrogens with zero attached hydrogens (tertiary/aromatic N) is 3. The summed E-state index contributed by atoms with van der Waals surface area (Å²) in [4.78, 5) is 11.5. The van der Waals surface area contributed by atoms with Gasteiger partial charge in [-0.2, -0.15) is 0 Å². The van der Waals surface area contributed by atoms with Crippen LogP contribution in [-0.4, -0.2) is 34.7 Å². The van der Waals surface area contributed by atoms with E-state index in [1.807, 2.05) is 48.0 Å². The van der Waals surface area contributed by atoms with Crippen LogP contribution in [0.3, 0.4) is 0 Å². The lowest BCUT2D eigenvalue weighted by molar-refractivity contribution is -0.134. The predicted octanol–water partition coefficient (Wildman–Crippen LogP) is 4.06. The Balaban J connectivity index is 1.46. The molecule has 0 saturated heterocycles. The molecule has 7 heteroatoms. The maximum Gasteiger partial charge on any atom is 0.310 e. The van der Waals surface area contributed by atoms with Crippen molar-refractivity contribution in [2.45, 2.75) is 46.3 Å². The Kier molecular flexibility index (Phi) is 7.19. The standard InChI is InChI=1S/C22H27N3O4/c1-4-21(26)29-20-12-11-19-22(16(20)2)23-24-25(19)13-5-6-14-28-15-17-7-9-18(27-3)10-8-17/h7-12H,4-6,13-15H2,1-3H3. The first-order valence-corrected chi connectivity index (χ1v) is 9.86. The van der Waals surface area contributed by atoms with Gasteiger partial charge in [0.2, 0.25) is 0 Å². The Morgan fingerprint density at radius 2 is 1.90 bits per heavy atom. The second-order valence-corrected chi connectivity index (χ2v) is 6.80. The molecule has 3 rings (SSSR count). The number of benzene rings is 2. The minimum absolute atomic E-state index is 0.255. The molecule has 1 heterocycles. The van der Waals surface area contributed by atoms with Crippen molar-refractivity contribution in [1.29, 1.82) is 0 Å². The zero-order valence-electron chi connectivity index (χ0n) is 17.2. The summed E-state index contributed by atoms with van der Waals surface area (Å²) in [5.41, 5.74) is 3.67. The molecule has 0 N–H and O–H groups in total. The Morgan fingerprint density at radius 3 is 2.62 bits per heavy atom. The molecule has 0 bridgehead atoms. The van der Waals surface area contributed by atoms with Gasteiger partial charge in [0.05, 0.1) is 19.2 Å². The van der Waals surface area contributed by atoms with Crippen LogP contribution in [-0.2, 0) is 22.7 Å². The molecule has 0 aliphatic carbocycles. The minimum atomic E-state index is -0.255. The van der Waals surface area contributed by atoms with Crippen molar-refractivity contribution in [1.82, 2.24) is 15.0 Å². The highest BCUT2D eigenvalue weighted by Crippen LogP contribution is 2.26. The first kappa shape index (κ1) is 20.8. The number of aromatic nitrogens is 3. The normalized spacial score (nSPS) is 11.0. The molecule has 0 aliphatic heterocycles. The topological polar surface area (TPSA) is 75.5 Å². The lowest BCUT2D eigenvalue weighted by Crippen LogP contribution is -2.07. The second kappa shape index (κ2) is 10.0. The van der Waals surface area contributed by atoms with Gasteiger partial charge in [-0.15, -0.1) is 5.10 Å². The van der Waals surface area contributed by atoms with Crippen LogP contribution >= 0.6 is 0 Å². The summed E-state index contributed by atoms with van der Waals surface area (Å²) in [6.07, 6.45) is 2.21. The molecule has 0 saturated carbocycles. The summed E-state index contributed by atoms with van der Waals surface area (Å²) < 4.78 is 18.1. The van der Waals surface area contributed by atoms with Gasteiger partial charge in [-0.05, 0) is 49.6 Å². The highest BCUT2D eigenvalue weighted by atomic mass is 16.5. The predicted molar refractivity (Wildman–Crippen MR) is 110 cm³/mol. The number of carbonyl (C=O) groups is 1.